The number of hydrogen-bond acceptors (Lipinski definition) is 1. The van der Waals surface area contributed by atoms with Crippen molar-refractivity contribution in [2.45, 2.75) is 6.42 Å². The minimum Gasteiger partial charge on any atom is -0.265 e. The Balaban J connectivity index is 2.16. The highest BCUT2D eigenvalue weighted by Crippen LogP contribution is 2.13. The fourth-order valence-electron chi connectivity index (χ4n) is 1.34. The Morgan fingerprint density at radius 3 is 2.07 bits per heavy atom. The van der Waals surface area contributed by atoms with Gasteiger partial charge in [0.15, 0.2) is 0 Å². The molecular weight excluding hydrogens is 238 g/mol. The van der Waals surface area contributed by atoms with E-state index in [1.54, 1.807) is 0 Å². The van der Waals surface area contributed by atoms with Crippen LogP contribution in [0.4, 0.5) is 0 Å². The fourth-order valence-corrected chi connectivity index (χ4v) is 1.60. The van der Waals surface area contributed by atoms with Crippen molar-refractivity contribution in [2.24, 2.45) is 0 Å². The van der Waals surface area contributed by atoms with Crippen LogP contribution < -0.4 is 0 Å². The first-order chi connectivity index (χ1) is 6.84. The zero-order valence-electron chi connectivity index (χ0n) is 7.65. The van der Waals surface area contributed by atoms with Crippen LogP contribution in [-0.4, -0.2) is 4.98 Å². The van der Waals surface area contributed by atoms with Crippen molar-refractivity contribution < 1.29 is 0 Å². The van der Waals surface area contributed by atoms with Gasteiger partial charge in [-0.15, -0.1) is 0 Å². The third-order valence-corrected chi connectivity index (χ3v) is 2.60. The van der Waals surface area contributed by atoms with Crippen LogP contribution in [0.1, 0.15) is 11.1 Å². The first-order valence-corrected chi connectivity index (χ1v) is 5.27. The Bertz CT molecular complexity index is 394. The summed E-state index contributed by atoms with van der Waals surface area (Å²) >= 11 is 3.42. The smallest absolute Gasteiger partial charge is 0.0270 e. The van der Waals surface area contributed by atoms with Crippen molar-refractivity contribution in [3.8, 4) is 0 Å². The lowest BCUT2D eigenvalue weighted by molar-refractivity contribution is 1.16. The highest BCUT2D eigenvalue weighted by atomic mass is 79.9. The quantitative estimate of drug-likeness (QED) is 0.793. The molecule has 70 valence electrons. The molecule has 14 heavy (non-hydrogen) atoms. The van der Waals surface area contributed by atoms with Gasteiger partial charge in [0.05, 0.1) is 0 Å². The van der Waals surface area contributed by atoms with E-state index in [1.165, 1.54) is 11.1 Å². The predicted molar refractivity (Wildman–Crippen MR) is 61.2 cm³/mol. The second-order valence-corrected chi connectivity index (χ2v) is 4.07. The molecule has 0 aliphatic heterocycles. The Kier molecular flexibility index (Phi) is 2.94. The van der Waals surface area contributed by atoms with E-state index >= 15 is 0 Å². The first-order valence-electron chi connectivity index (χ1n) is 4.48. The molecule has 1 aromatic heterocycles. The Morgan fingerprint density at radius 1 is 0.857 bits per heavy atom. The average molecular weight is 248 g/mol. The largest absolute Gasteiger partial charge is 0.265 e. The van der Waals surface area contributed by atoms with Gasteiger partial charge < -0.3 is 0 Å². The van der Waals surface area contributed by atoms with Gasteiger partial charge in [0, 0.05) is 16.9 Å². The molecule has 0 atom stereocenters. The molecule has 0 spiro atoms. The van der Waals surface area contributed by atoms with E-state index in [1.807, 2.05) is 24.5 Å². The number of pyridine rings is 1. The lowest BCUT2D eigenvalue weighted by Crippen LogP contribution is -1.87. The molecular formula is C12H10BrN. The van der Waals surface area contributed by atoms with Gasteiger partial charge in [-0.1, -0.05) is 28.1 Å². The SMILES string of the molecule is Brc1ccc(Cc2ccncc2)cc1. The van der Waals surface area contributed by atoms with E-state index in [0.29, 0.717) is 0 Å². The minimum atomic E-state index is 0.968. The number of hydrogen-bond donors (Lipinski definition) is 0. The fraction of sp³-hybridized carbons (Fsp3) is 0.0833. The molecule has 1 heterocycles. The summed E-state index contributed by atoms with van der Waals surface area (Å²) in [6.07, 6.45) is 4.62. The molecule has 2 heteroatoms. The molecule has 0 saturated carbocycles. The number of aromatic nitrogens is 1. The normalized spacial score (nSPS) is 10.1. The van der Waals surface area contributed by atoms with Crippen LogP contribution in [0.5, 0.6) is 0 Å². The average Bonchev–Trinajstić information content (AvgIpc) is 2.23. The van der Waals surface area contributed by atoms with Gasteiger partial charge in [-0.2, -0.15) is 0 Å². The Morgan fingerprint density at radius 2 is 1.43 bits per heavy atom. The van der Waals surface area contributed by atoms with Crippen LogP contribution in [0.3, 0.4) is 0 Å². The highest BCUT2D eigenvalue weighted by molar-refractivity contribution is 9.10. The van der Waals surface area contributed by atoms with Crippen molar-refractivity contribution in [3.63, 3.8) is 0 Å². The number of nitrogens with zero attached hydrogens (tertiary/aromatic N) is 1. The van der Waals surface area contributed by atoms with Gasteiger partial charge in [0.1, 0.15) is 0 Å². The molecule has 2 aromatic rings. The second-order valence-electron chi connectivity index (χ2n) is 3.16. The molecule has 0 radical (unpaired) electrons. The molecule has 0 aliphatic carbocycles. The molecule has 0 fully saturated rings. The van der Waals surface area contributed by atoms with Crippen LogP contribution in [0, 0.1) is 0 Å². The highest BCUT2D eigenvalue weighted by Gasteiger charge is 1.95. The summed E-state index contributed by atoms with van der Waals surface area (Å²) in [5, 5.41) is 0. The lowest BCUT2D eigenvalue weighted by atomic mass is 10.1. The van der Waals surface area contributed by atoms with Crippen LogP contribution in [0.25, 0.3) is 0 Å². The molecule has 0 bridgehead atoms. The van der Waals surface area contributed by atoms with Gasteiger partial charge in [-0.05, 0) is 41.8 Å². The maximum absolute atomic E-state index is 3.99. The number of halogens is 1. The third kappa shape index (κ3) is 2.42. The van der Waals surface area contributed by atoms with Crippen molar-refractivity contribution >= 4 is 15.9 Å². The number of rotatable bonds is 2. The monoisotopic (exact) mass is 247 g/mol. The summed E-state index contributed by atoms with van der Waals surface area (Å²) in [5.74, 6) is 0. The first kappa shape index (κ1) is 9.41. The molecule has 0 saturated heterocycles. The molecule has 0 amide bonds. The van der Waals surface area contributed by atoms with E-state index in [2.05, 4.69) is 45.2 Å². The summed E-state index contributed by atoms with van der Waals surface area (Å²) in [6, 6.07) is 12.5. The van der Waals surface area contributed by atoms with E-state index in [-0.39, 0.29) is 0 Å². The summed E-state index contributed by atoms with van der Waals surface area (Å²) in [5.41, 5.74) is 2.61. The van der Waals surface area contributed by atoms with Gasteiger partial charge in [-0.25, -0.2) is 0 Å². The predicted octanol–water partition coefficient (Wildman–Crippen LogP) is 3.43. The van der Waals surface area contributed by atoms with Crippen molar-refractivity contribution in [2.75, 3.05) is 0 Å². The Hall–Kier alpha value is -1.15. The molecule has 0 N–H and O–H groups in total. The topological polar surface area (TPSA) is 12.9 Å². The van der Waals surface area contributed by atoms with E-state index in [4.69, 9.17) is 0 Å². The molecule has 0 aliphatic rings. The number of benzene rings is 1. The summed E-state index contributed by atoms with van der Waals surface area (Å²) in [6.45, 7) is 0. The standard InChI is InChI=1S/C12H10BrN/c13-12-3-1-10(2-4-12)9-11-5-7-14-8-6-11/h1-8H,9H2. The zero-order chi connectivity index (χ0) is 9.80. The van der Waals surface area contributed by atoms with E-state index in [9.17, 15) is 0 Å². The summed E-state index contributed by atoms with van der Waals surface area (Å²) in [4.78, 5) is 3.99. The van der Waals surface area contributed by atoms with E-state index < -0.39 is 0 Å². The Labute approximate surface area is 91.9 Å². The van der Waals surface area contributed by atoms with Crippen molar-refractivity contribution in [1.82, 2.24) is 4.98 Å². The van der Waals surface area contributed by atoms with E-state index in [0.717, 1.165) is 10.9 Å². The van der Waals surface area contributed by atoms with Crippen LogP contribution >= 0.6 is 15.9 Å². The third-order valence-electron chi connectivity index (χ3n) is 2.07. The van der Waals surface area contributed by atoms with Gasteiger partial charge in [-0.3, -0.25) is 4.98 Å². The summed E-state index contributed by atoms with van der Waals surface area (Å²) < 4.78 is 1.12. The lowest BCUT2D eigenvalue weighted by Gasteiger charge is -2.00. The van der Waals surface area contributed by atoms with Crippen LogP contribution in [0.2, 0.25) is 0 Å². The maximum Gasteiger partial charge on any atom is 0.0270 e. The minimum absolute atomic E-state index is 0.968. The molecule has 2 rings (SSSR count). The second kappa shape index (κ2) is 4.38. The molecule has 0 unspecified atom stereocenters. The van der Waals surface area contributed by atoms with Gasteiger partial charge >= 0.3 is 0 Å². The van der Waals surface area contributed by atoms with Crippen molar-refractivity contribution in [3.05, 3.63) is 64.4 Å². The van der Waals surface area contributed by atoms with Crippen LogP contribution in [0.15, 0.2) is 53.3 Å². The molecule has 1 aromatic carbocycles. The van der Waals surface area contributed by atoms with Gasteiger partial charge in [0.2, 0.25) is 0 Å². The van der Waals surface area contributed by atoms with Crippen molar-refractivity contribution in [1.29, 1.82) is 0 Å². The zero-order valence-corrected chi connectivity index (χ0v) is 9.24. The maximum atomic E-state index is 3.99. The van der Waals surface area contributed by atoms with Crippen LogP contribution in [-0.2, 0) is 6.42 Å². The van der Waals surface area contributed by atoms with Gasteiger partial charge in [0.25, 0.3) is 0 Å². The summed E-state index contributed by atoms with van der Waals surface area (Å²) in [7, 11) is 0. The molecule has 1 nitrogen and oxygen atoms in total.